The molecule has 2 aliphatic heterocycles. The zero-order chi connectivity index (χ0) is 30.4. The van der Waals surface area contributed by atoms with Crippen LogP contribution in [0.3, 0.4) is 0 Å². The van der Waals surface area contributed by atoms with Gasteiger partial charge in [-0.15, -0.1) is 0 Å². The van der Waals surface area contributed by atoms with Crippen LogP contribution in [0.4, 0.5) is 10.1 Å². The van der Waals surface area contributed by atoms with Crippen molar-refractivity contribution in [3.63, 3.8) is 0 Å². The second kappa shape index (κ2) is 11.9. The number of halogens is 1. The van der Waals surface area contributed by atoms with Crippen LogP contribution in [0.2, 0.25) is 13.1 Å². The van der Waals surface area contributed by atoms with Gasteiger partial charge in [0.2, 0.25) is 0 Å². The molecule has 1 unspecified atom stereocenters. The van der Waals surface area contributed by atoms with Crippen molar-refractivity contribution in [2.24, 2.45) is 0 Å². The lowest BCUT2D eigenvalue weighted by molar-refractivity contribution is 0.181. The lowest BCUT2D eigenvalue weighted by atomic mass is 9.85. The van der Waals surface area contributed by atoms with Crippen LogP contribution in [0.5, 0.6) is 0 Å². The van der Waals surface area contributed by atoms with Gasteiger partial charge in [-0.05, 0) is 79.7 Å². The number of nitrogens with zero attached hydrogens (tertiary/aromatic N) is 3. The van der Waals surface area contributed by atoms with Crippen molar-refractivity contribution in [2.75, 3.05) is 37.1 Å². The van der Waals surface area contributed by atoms with Gasteiger partial charge in [0.05, 0.1) is 18.3 Å². The van der Waals surface area contributed by atoms with Gasteiger partial charge in [-0.3, -0.25) is 9.21 Å². The second-order valence-corrected chi connectivity index (χ2v) is 17.3. The summed E-state index contributed by atoms with van der Waals surface area (Å²) in [5.74, 6) is -0.250. The molecule has 228 valence electrons. The first kappa shape index (κ1) is 30.9. The molecule has 0 radical (unpaired) electrons. The topological polar surface area (TPSA) is 68.9 Å². The van der Waals surface area contributed by atoms with E-state index in [-0.39, 0.29) is 23.3 Å². The third-order valence-electron chi connectivity index (χ3n) is 8.37. The molecule has 3 aromatic rings. The normalized spacial score (nSPS) is 20.0. The van der Waals surface area contributed by atoms with E-state index in [1.807, 2.05) is 32.2 Å². The molecule has 2 aromatic carbocycles. The lowest BCUT2D eigenvalue weighted by Gasteiger charge is -2.45. The van der Waals surface area contributed by atoms with Crippen molar-refractivity contribution < 1.29 is 17.2 Å². The van der Waals surface area contributed by atoms with Gasteiger partial charge in [0.1, 0.15) is 5.82 Å². The van der Waals surface area contributed by atoms with Gasteiger partial charge >= 0.3 is 10.2 Å². The maximum absolute atomic E-state index is 14.2. The fraction of sp³-hybridized carbons (Fsp3) is 0.500. The van der Waals surface area contributed by atoms with Gasteiger partial charge in [-0.25, -0.2) is 4.39 Å². The molecule has 3 heterocycles. The van der Waals surface area contributed by atoms with Gasteiger partial charge in [-0.2, -0.15) is 12.7 Å². The number of anilines is 1. The summed E-state index contributed by atoms with van der Waals surface area (Å²) in [5, 5.41) is 1.02. The third-order valence-corrected chi connectivity index (χ3v) is 11.4. The molecular weight excluding hydrogens is 568 g/mol. The Balaban J connectivity index is 1.41. The molecular formula is C32H45FN4O3SSi. The average Bonchev–Trinajstić information content (AvgIpc) is 3.33. The SMILES string of the molecule is CC(C)N1C(CO[SiH](C)C)c2cc(C(C)(C)C)ccc2N(CCN2CC=C(c3c[nH]c4cc(F)ccc34)CC2)S1(=O)=O. The van der Waals surface area contributed by atoms with Gasteiger partial charge in [-0.1, -0.05) is 39.0 Å². The maximum Gasteiger partial charge on any atom is 0.305 e. The molecule has 42 heavy (non-hydrogen) atoms. The first-order valence-corrected chi connectivity index (χ1v) is 19.2. The molecule has 10 heteroatoms. The Bertz CT molecular complexity index is 1580. The van der Waals surface area contributed by atoms with E-state index < -0.39 is 19.2 Å². The minimum atomic E-state index is -3.77. The summed E-state index contributed by atoms with van der Waals surface area (Å²) in [6.07, 6.45) is 5.02. The highest BCUT2D eigenvalue weighted by Crippen LogP contribution is 2.43. The van der Waals surface area contributed by atoms with Crippen molar-refractivity contribution in [3.8, 4) is 0 Å². The number of nitrogens with one attached hydrogen (secondary N) is 1. The highest BCUT2D eigenvalue weighted by molar-refractivity contribution is 7.90. The van der Waals surface area contributed by atoms with Crippen LogP contribution >= 0.6 is 0 Å². The summed E-state index contributed by atoms with van der Waals surface area (Å²) in [7, 11) is -5.13. The fourth-order valence-corrected chi connectivity index (χ4v) is 8.67. The molecule has 0 spiro atoms. The van der Waals surface area contributed by atoms with Crippen molar-refractivity contribution in [3.05, 3.63) is 71.2 Å². The quantitative estimate of drug-likeness (QED) is 0.307. The van der Waals surface area contributed by atoms with E-state index in [0.717, 1.165) is 47.2 Å². The van der Waals surface area contributed by atoms with Crippen LogP contribution in [0.25, 0.3) is 16.5 Å². The molecule has 2 aliphatic rings. The zero-order valence-corrected chi connectivity index (χ0v) is 27.9. The number of hydrogen-bond acceptors (Lipinski definition) is 4. The minimum Gasteiger partial charge on any atom is -0.419 e. The molecule has 5 rings (SSSR count). The van der Waals surface area contributed by atoms with Gasteiger partial charge in [0, 0.05) is 54.9 Å². The third kappa shape index (κ3) is 6.10. The average molecular weight is 613 g/mol. The molecule has 0 saturated carbocycles. The Kier molecular flexibility index (Phi) is 8.75. The van der Waals surface area contributed by atoms with Crippen molar-refractivity contribution in [2.45, 2.75) is 71.6 Å². The van der Waals surface area contributed by atoms with Crippen molar-refractivity contribution in [1.82, 2.24) is 14.2 Å². The number of aromatic nitrogens is 1. The van der Waals surface area contributed by atoms with E-state index in [0.29, 0.717) is 19.7 Å². The number of hydrogen-bond donors (Lipinski definition) is 1. The number of fused-ring (bicyclic) bond motifs is 2. The Hall–Kier alpha value is -2.50. The summed E-state index contributed by atoms with van der Waals surface area (Å²) in [5.41, 5.74) is 6.05. The van der Waals surface area contributed by atoms with Crippen LogP contribution in [-0.2, 0) is 20.1 Å². The monoisotopic (exact) mass is 612 g/mol. The molecule has 0 bridgehead atoms. The molecule has 0 saturated heterocycles. The van der Waals surface area contributed by atoms with Gasteiger partial charge in [0.25, 0.3) is 0 Å². The fourth-order valence-electron chi connectivity index (χ4n) is 6.12. The summed E-state index contributed by atoms with van der Waals surface area (Å²) < 4.78 is 51.6. The van der Waals surface area contributed by atoms with Crippen molar-refractivity contribution >= 4 is 41.4 Å². The number of aromatic amines is 1. The summed E-state index contributed by atoms with van der Waals surface area (Å²) >= 11 is 0. The summed E-state index contributed by atoms with van der Waals surface area (Å²) in [6, 6.07) is 10.6. The molecule has 0 fully saturated rings. The Morgan fingerprint density at radius 2 is 1.88 bits per heavy atom. The second-order valence-electron chi connectivity index (χ2n) is 13.1. The Morgan fingerprint density at radius 3 is 2.52 bits per heavy atom. The summed E-state index contributed by atoms with van der Waals surface area (Å²) in [6.45, 7) is 17.6. The maximum atomic E-state index is 14.2. The predicted octanol–water partition coefficient (Wildman–Crippen LogP) is 6.21. The Morgan fingerprint density at radius 1 is 1.12 bits per heavy atom. The molecule has 1 N–H and O–H groups in total. The standard InChI is InChI=1S/C32H45FN4O3SSi/c1-22(2)37-31(21-40-42(6)7)27-18-24(32(3,4)5)8-11-30(27)36(41(37,38)39)17-16-35-14-12-23(13-15-35)28-20-34-29-19-25(33)9-10-26(28)29/h8-12,18-20,22,31,34,42H,13-17,21H2,1-7H3. The van der Waals surface area contributed by atoms with E-state index in [1.165, 1.54) is 23.3 Å². The van der Waals surface area contributed by atoms with E-state index in [9.17, 15) is 12.8 Å². The Labute approximate surface area is 252 Å². The molecule has 0 amide bonds. The molecule has 1 aromatic heterocycles. The minimum absolute atomic E-state index is 0.0617. The smallest absolute Gasteiger partial charge is 0.305 e. The van der Waals surface area contributed by atoms with Crippen LogP contribution < -0.4 is 4.31 Å². The first-order valence-electron chi connectivity index (χ1n) is 15.0. The highest BCUT2D eigenvalue weighted by atomic mass is 32.2. The van der Waals surface area contributed by atoms with Gasteiger partial charge in [0.15, 0.2) is 9.04 Å². The largest absolute Gasteiger partial charge is 0.419 e. The van der Waals surface area contributed by atoms with Crippen LogP contribution in [0.15, 0.2) is 48.7 Å². The first-order chi connectivity index (χ1) is 19.8. The van der Waals surface area contributed by atoms with E-state index in [1.54, 1.807) is 8.61 Å². The molecule has 0 aliphatic carbocycles. The van der Waals surface area contributed by atoms with Crippen LogP contribution in [-0.4, -0.2) is 70.5 Å². The number of H-pyrrole nitrogens is 1. The molecule has 7 nitrogen and oxygen atoms in total. The van der Waals surface area contributed by atoms with Crippen LogP contribution in [0.1, 0.15) is 63.8 Å². The van der Waals surface area contributed by atoms with Crippen molar-refractivity contribution in [1.29, 1.82) is 0 Å². The number of benzene rings is 2. The zero-order valence-electron chi connectivity index (χ0n) is 25.9. The predicted molar refractivity (Wildman–Crippen MR) is 173 cm³/mol. The summed E-state index contributed by atoms with van der Waals surface area (Å²) in [4.78, 5) is 5.49. The highest BCUT2D eigenvalue weighted by Gasteiger charge is 2.45. The van der Waals surface area contributed by atoms with E-state index in [4.69, 9.17) is 4.43 Å². The van der Waals surface area contributed by atoms with Gasteiger partial charge < -0.3 is 9.41 Å². The molecule has 1 atom stereocenters. The number of rotatable bonds is 8. The van der Waals surface area contributed by atoms with Crippen LogP contribution in [0, 0.1) is 5.82 Å². The van der Waals surface area contributed by atoms with E-state index in [2.05, 4.69) is 62.0 Å². The van der Waals surface area contributed by atoms with E-state index >= 15 is 0 Å². The lowest BCUT2D eigenvalue weighted by Crippen LogP contribution is -2.55.